The molecule has 1 aromatic rings. The molecule has 0 fully saturated rings. The number of ether oxygens (including phenoxy) is 2. The van der Waals surface area contributed by atoms with Crippen LogP contribution in [0.2, 0.25) is 5.02 Å². The molecular weight excluding hydrogens is 250 g/mol. The van der Waals surface area contributed by atoms with Crippen molar-refractivity contribution in [3.05, 3.63) is 40.9 Å². The molecule has 100 valence electrons. The van der Waals surface area contributed by atoms with Gasteiger partial charge in [0.05, 0.1) is 6.61 Å². The Kier molecular flexibility index (Phi) is 7.49. The number of hydrogen-bond donors (Lipinski definition) is 1. The molecule has 0 heterocycles. The normalized spacial score (nSPS) is 11.1. The Hall–Kier alpha value is -1.03. The van der Waals surface area contributed by atoms with E-state index in [4.69, 9.17) is 21.1 Å². The van der Waals surface area contributed by atoms with Gasteiger partial charge in [-0.3, -0.25) is 0 Å². The van der Waals surface area contributed by atoms with Crippen LogP contribution in [0, 0.1) is 0 Å². The maximum atomic E-state index is 6.19. The Morgan fingerprint density at radius 1 is 1.39 bits per heavy atom. The van der Waals surface area contributed by atoms with Crippen molar-refractivity contribution < 1.29 is 9.47 Å². The fourth-order valence-corrected chi connectivity index (χ4v) is 1.70. The zero-order valence-corrected chi connectivity index (χ0v) is 11.7. The molecule has 0 bridgehead atoms. The lowest BCUT2D eigenvalue weighted by Crippen LogP contribution is -2.19. The highest BCUT2D eigenvalue weighted by Crippen LogP contribution is 2.26. The predicted octanol–water partition coefficient (Wildman–Crippen LogP) is 3.03. The van der Waals surface area contributed by atoms with E-state index >= 15 is 0 Å². The van der Waals surface area contributed by atoms with Crippen LogP contribution in [0.3, 0.4) is 0 Å². The third-order valence-corrected chi connectivity index (χ3v) is 2.79. The Bertz CT molecular complexity index is 380. The van der Waals surface area contributed by atoms with Crippen molar-refractivity contribution in [1.82, 2.24) is 5.32 Å². The second kappa shape index (κ2) is 8.97. The first-order valence-corrected chi connectivity index (χ1v) is 6.38. The highest BCUT2D eigenvalue weighted by atomic mass is 35.5. The average Bonchev–Trinajstić information content (AvgIpc) is 2.37. The Labute approximate surface area is 114 Å². The van der Waals surface area contributed by atoms with Gasteiger partial charge in [0, 0.05) is 30.8 Å². The highest BCUT2D eigenvalue weighted by molar-refractivity contribution is 6.31. The average molecular weight is 270 g/mol. The van der Waals surface area contributed by atoms with Crippen LogP contribution in [0.15, 0.2) is 30.4 Å². The maximum Gasteiger partial charge on any atom is 0.125 e. The number of allylic oxidation sites excluding steroid dienone is 1. The molecule has 0 aliphatic rings. The minimum atomic E-state index is 0.557. The fourth-order valence-electron chi connectivity index (χ4n) is 1.47. The Morgan fingerprint density at radius 3 is 2.94 bits per heavy atom. The molecule has 1 aromatic carbocycles. The maximum absolute atomic E-state index is 6.19. The van der Waals surface area contributed by atoms with E-state index in [-0.39, 0.29) is 0 Å². The van der Waals surface area contributed by atoms with Crippen molar-refractivity contribution in [2.45, 2.75) is 13.5 Å². The molecule has 0 amide bonds. The zero-order chi connectivity index (χ0) is 13.2. The number of benzene rings is 1. The van der Waals surface area contributed by atoms with E-state index in [0.717, 1.165) is 22.9 Å². The van der Waals surface area contributed by atoms with E-state index in [0.29, 0.717) is 19.8 Å². The molecule has 0 unspecified atom stereocenters. The van der Waals surface area contributed by atoms with Gasteiger partial charge in [-0.25, -0.2) is 0 Å². The molecule has 0 saturated carbocycles. The highest BCUT2D eigenvalue weighted by Gasteiger charge is 2.07. The lowest BCUT2D eigenvalue weighted by Gasteiger charge is -2.12. The zero-order valence-electron chi connectivity index (χ0n) is 10.9. The third kappa shape index (κ3) is 5.08. The molecule has 0 saturated heterocycles. The number of nitrogens with one attached hydrogen (secondary N) is 1. The van der Waals surface area contributed by atoms with Crippen LogP contribution in [0.4, 0.5) is 0 Å². The topological polar surface area (TPSA) is 30.5 Å². The summed E-state index contributed by atoms with van der Waals surface area (Å²) in [6.07, 6.45) is 3.92. The van der Waals surface area contributed by atoms with Crippen LogP contribution in [-0.2, 0) is 11.3 Å². The Balaban J connectivity index is 2.61. The van der Waals surface area contributed by atoms with Gasteiger partial charge in [0.15, 0.2) is 0 Å². The van der Waals surface area contributed by atoms with Gasteiger partial charge < -0.3 is 14.8 Å². The van der Waals surface area contributed by atoms with Gasteiger partial charge in [-0.2, -0.15) is 0 Å². The molecular formula is C14H20ClNO2. The van der Waals surface area contributed by atoms with Gasteiger partial charge in [-0.15, -0.1) is 0 Å². The van der Waals surface area contributed by atoms with Crippen molar-refractivity contribution >= 4 is 11.6 Å². The van der Waals surface area contributed by atoms with Gasteiger partial charge in [0.1, 0.15) is 12.4 Å². The number of halogens is 1. The molecule has 0 spiro atoms. The molecule has 0 aromatic heterocycles. The summed E-state index contributed by atoms with van der Waals surface area (Å²) in [6.45, 7) is 4.67. The van der Waals surface area contributed by atoms with Crippen LogP contribution in [0.1, 0.15) is 12.5 Å². The van der Waals surface area contributed by atoms with Gasteiger partial charge in [-0.05, 0) is 19.1 Å². The van der Waals surface area contributed by atoms with Crippen molar-refractivity contribution in [3.8, 4) is 5.75 Å². The lowest BCUT2D eigenvalue weighted by atomic mass is 10.2. The van der Waals surface area contributed by atoms with Crippen molar-refractivity contribution in [2.24, 2.45) is 0 Å². The van der Waals surface area contributed by atoms with E-state index < -0.39 is 0 Å². The predicted molar refractivity (Wildman–Crippen MR) is 75.3 cm³/mol. The molecule has 3 nitrogen and oxygen atoms in total. The molecule has 0 radical (unpaired) electrons. The lowest BCUT2D eigenvalue weighted by molar-refractivity contribution is 0.199. The summed E-state index contributed by atoms with van der Waals surface area (Å²) in [4.78, 5) is 0. The van der Waals surface area contributed by atoms with Gasteiger partial charge in [0.2, 0.25) is 0 Å². The van der Waals surface area contributed by atoms with Crippen LogP contribution in [0.5, 0.6) is 5.75 Å². The van der Waals surface area contributed by atoms with E-state index in [2.05, 4.69) is 5.32 Å². The molecule has 0 atom stereocenters. The fraction of sp³-hybridized carbons (Fsp3) is 0.429. The number of methoxy groups -OCH3 is 1. The molecule has 1 rings (SSSR count). The van der Waals surface area contributed by atoms with Crippen LogP contribution in [-0.4, -0.2) is 26.9 Å². The summed E-state index contributed by atoms with van der Waals surface area (Å²) in [5.74, 6) is 0.825. The summed E-state index contributed by atoms with van der Waals surface area (Å²) < 4.78 is 10.7. The summed E-state index contributed by atoms with van der Waals surface area (Å²) >= 11 is 6.19. The minimum absolute atomic E-state index is 0.557. The molecule has 18 heavy (non-hydrogen) atoms. The first kappa shape index (κ1) is 15.0. The van der Waals surface area contributed by atoms with Gasteiger partial charge >= 0.3 is 0 Å². The third-order valence-electron chi connectivity index (χ3n) is 2.43. The molecule has 4 heteroatoms. The van der Waals surface area contributed by atoms with E-state index in [9.17, 15) is 0 Å². The number of hydrogen-bond acceptors (Lipinski definition) is 3. The van der Waals surface area contributed by atoms with Crippen LogP contribution in [0.25, 0.3) is 0 Å². The SMILES string of the molecule is C/C=C/COc1cccc(Cl)c1CNCCOC. The first-order chi connectivity index (χ1) is 8.79. The first-order valence-electron chi connectivity index (χ1n) is 6.00. The smallest absolute Gasteiger partial charge is 0.125 e. The molecule has 0 aliphatic heterocycles. The summed E-state index contributed by atoms with van der Waals surface area (Å²) in [7, 11) is 1.68. The van der Waals surface area contributed by atoms with E-state index in [1.807, 2.05) is 37.3 Å². The van der Waals surface area contributed by atoms with Crippen LogP contribution >= 0.6 is 11.6 Å². The van der Waals surface area contributed by atoms with Crippen molar-refractivity contribution in [1.29, 1.82) is 0 Å². The summed E-state index contributed by atoms with van der Waals surface area (Å²) in [5.41, 5.74) is 0.986. The summed E-state index contributed by atoms with van der Waals surface area (Å²) in [5, 5.41) is 3.99. The Morgan fingerprint density at radius 2 is 2.22 bits per heavy atom. The van der Waals surface area contributed by atoms with Gasteiger partial charge in [0.25, 0.3) is 0 Å². The molecule has 0 aliphatic carbocycles. The van der Waals surface area contributed by atoms with E-state index in [1.54, 1.807) is 7.11 Å². The van der Waals surface area contributed by atoms with E-state index in [1.165, 1.54) is 0 Å². The number of rotatable bonds is 8. The standard InChI is InChI=1S/C14H20ClNO2/c1-3-4-9-18-14-7-5-6-13(15)12(14)11-16-8-10-17-2/h3-7,16H,8-11H2,1-2H3/b4-3+. The van der Waals surface area contributed by atoms with Gasteiger partial charge in [-0.1, -0.05) is 29.8 Å². The quantitative estimate of drug-likeness (QED) is 0.581. The second-order valence-corrected chi connectivity index (χ2v) is 4.17. The van der Waals surface area contributed by atoms with Crippen LogP contribution < -0.4 is 10.1 Å². The second-order valence-electron chi connectivity index (χ2n) is 3.77. The summed E-state index contributed by atoms with van der Waals surface area (Å²) in [6, 6.07) is 5.70. The van der Waals surface area contributed by atoms with Crippen molar-refractivity contribution in [3.63, 3.8) is 0 Å². The monoisotopic (exact) mass is 269 g/mol. The minimum Gasteiger partial charge on any atom is -0.489 e. The largest absolute Gasteiger partial charge is 0.489 e. The van der Waals surface area contributed by atoms with Crippen molar-refractivity contribution in [2.75, 3.05) is 26.9 Å². The molecule has 1 N–H and O–H groups in total.